The maximum atomic E-state index is 6.11. The molecule has 2 rings (SSSR count). The van der Waals surface area contributed by atoms with E-state index in [0.29, 0.717) is 0 Å². The van der Waals surface area contributed by atoms with Gasteiger partial charge in [0, 0.05) is 5.54 Å². The lowest BCUT2D eigenvalue weighted by Crippen LogP contribution is -2.18. The Labute approximate surface area is 85.1 Å². The summed E-state index contributed by atoms with van der Waals surface area (Å²) in [5.74, 6) is 0.945. The average Bonchev–Trinajstić information content (AvgIpc) is 2.95. The Morgan fingerprint density at radius 2 is 2.21 bits per heavy atom. The summed E-state index contributed by atoms with van der Waals surface area (Å²) >= 11 is 0. The number of benzene rings is 1. The number of hydrogen-bond donors (Lipinski definition) is 1. The van der Waals surface area contributed by atoms with Crippen LogP contribution in [0.4, 0.5) is 0 Å². The highest BCUT2D eigenvalue weighted by Gasteiger charge is 2.39. The van der Waals surface area contributed by atoms with E-state index >= 15 is 0 Å². The molecule has 0 heterocycles. The molecule has 1 fully saturated rings. The fraction of sp³-hybridized carbons (Fsp3) is 0.500. The molecule has 0 spiro atoms. The van der Waals surface area contributed by atoms with Crippen molar-refractivity contribution in [2.24, 2.45) is 5.73 Å². The summed E-state index contributed by atoms with van der Waals surface area (Å²) in [6.07, 6.45) is 3.24. The minimum Gasteiger partial charge on any atom is -0.494 e. The Hall–Kier alpha value is -1.02. The highest BCUT2D eigenvalue weighted by Crippen LogP contribution is 2.43. The summed E-state index contributed by atoms with van der Waals surface area (Å²) in [5.41, 5.74) is 7.27. The molecule has 1 aromatic rings. The second kappa shape index (κ2) is 3.62. The van der Waals surface area contributed by atoms with Gasteiger partial charge in [0.1, 0.15) is 5.75 Å². The topological polar surface area (TPSA) is 35.2 Å². The van der Waals surface area contributed by atoms with Crippen LogP contribution in [0.1, 0.15) is 31.7 Å². The van der Waals surface area contributed by atoms with Crippen LogP contribution >= 0.6 is 0 Å². The van der Waals surface area contributed by atoms with E-state index in [1.165, 1.54) is 5.56 Å². The first-order chi connectivity index (χ1) is 6.74. The lowest BCUT2D eigenvalue weighted by Gasteiger charge is -2.11. The van der Waals surface area contributed by atoms with Crippen molar-refractivity contribution in [3.63, 3.8) is 0 Å². The molecule has 0 amide bonds. The molecule has 0 atom stereocenters. The summed E-state index contributed by atoms with van der Waals surface area (Å²) in [6.45, 7) is 2.89. The van der Waals surface area contributed by atoms with Gasteiger partial charge >= 0.3 is 0 Å². The van der Waals surface area contributed by atoms with Gasteiger partial charge in [-0.2, -0.15) is 0 Å². The Balaban J connectivity index is 2.11. The molecule has 0 bridgehead atoms. The third-order valence-electron chi connectivity index (χ3n) is 2.67. The fourth-order valence-corrected chi connectivity index (χ4v) is 1.54. The number of ether oxygens (including phenoxy) is 1. The molecule has 2 N–H and O–H groups in total. The molecular formula is C12H17NO. The summed E-state index contributed by atoms with van der Waals surface area (Å²) in [6, 6.07) is 8.17. The van der Waals surface area contributed by atoms with Crippen molar-refractivity contribution >= 4 is 0 Å². The van der Waals surface area contributed by atoms with Crippen molar-refractivity contribution in [1.82, 2.24) is 0 Å². The van der Waals surface area contributed by atoms with Gasteiger partial charge in [-0.25, -0.2) is 0 Å². The van der Waals surface area contributed by atoms with E-state index < -0.39 is 0 Å². The maximum Gasteiger partial charge on any atom is 0.119 e. The minimum absolute atomic E-state index is 0.0500. The third-order valence-corrected chi connectivity index (χ3v) is 2.67. The first-order valence-corrected chi connectivity index (χ1v) is 5.27. The Morgan fingerprint density at radius 1 is 1.43 bits per heavy atom. The van der Waals surface area contributed by atoms with Gasteiger partial charge in [-0.15, -0.1) is 0 Å². The molecule has 14 heavy (non-hydrogen) atoms. The predicted octanol–water partition coefficient (Wildman–Crippen LogP) is 2.42. The number of hydrogen-bond acceptors (Lipinski definition) is 2. The molecule has 1 aromatic carbocycles. The zero-order chi connectivity index (χ0) is 10.0. The Kier molecular flexibility index (Phi) is 2.46. The Bertz CT molecular complexity index is 318. The molecule has 0 unspecified atom stereocenters. The first kappa shape index (κ1) is 9.53. The van der Waals surface area contributed by atoms with E-state index in [1.54, 1.807) is 0 Å². The first-order valence-electron chi connectivity index (χ1n) is 5.27. The van der Waals surface area contributed by atoms with Gasteiger partial charge in [0.2, 0.25) is 0 Å². The quantitative estimate of drug-likeness (QED) is 0.793. The minimum atomic E-state index is -0.0500. The van der Waals surface area contributed by atoms with Crippen molar-refractivity contribution < 1.29 is 4.74 Å². The SMILES string of the molecule is CCCOc1cccc(C2(N)CC2)c1. The van der Waals surface area contributed by atoms with Gasteiger partial charge in [0.05, 0.1) is 6.61 Å². The van der Waals surface area contributed by atoms with Crippen molar-refractivity contribution in [3.05, 3.63) is 29.8 Å². The maximum absolute atomic E-state index is 6.11. The predicted molar refractivity (Wildman–Crippen MR) is 57.3 cm³/mol. The largest absolute Gasteiger partial charge is 0.494 e. The third kappa shape index (κ3) is 1.90. The standard InChI is InChI=1S/C12H17NO/c1-2-8-14-11-5-3-4-10(9-11)12(13)6-7-12/h3-5,9H,2,6-8,13H2,1H3. The fourth-order valence-electron chi connectivity index (χ4n) is 1.54. The zero-order valence-electron chi connectivity index (χ0n) is 8.62. The van der Waals surface area contributed by atoms with Crippen LogP contribution in [0, 0.1) is 0 Å². The van der Waals surface area contributed by atoms with Gasteiger partial charge < -0.3 is 10.5 Å². The number of rotatable bonds is 4. The van der Waals surface area contributed by atoms with Crippen LogP contribution < -0.4 is 10.5 Å². The highest BCUT2D eigenvalue weighted by atomic mass is 16.5. The van der Waals surface area contributed by atoms with Crippen LogP contribution in [0.5, 0.6) is 5.75 Å². The second-order valence-electron chi connectivity index (χ2n) is 4.03. The van der Waals surface area contributed by atoms with Crippen molar-refractivity contribution in [3.8, 4) is 5.75 Å². The second-order valence-corrected chi connectivity index (χ2v) is 4.03. The van der Waals surface area contributed by atoms with E-state index in [9.17, 15) is 0 Å². The molecule has 76 valence electrons. The monoisotopic (exact) mass is 191 g/mol. The van der Waals surface area contributed by atoms with E-state index in [2.05, 4.69) is 19.1 Å². The van der Waals surface area contributed by atoms with Gasteiger partial charge in [-0.05, 0) is 37.0 Å². The molecular weight excluding hydrogens is 174 g/mol. The van der Waals surface area contributed by atoms with Crippen molar-refractivity contribution in [1.29, 1.82) is 0 Å². The molecule has 2 heteroatoms. The molecule has 0 saturated heterocycles. The van der Waals surface area contributed by atoms with E-state index in [4.69, 9.17) is 10.5 Å². The van der Waals surface area contributed by atoms with Gasteiger partial charge in [0.25, 0.3) is 0 Å². The van der Waals surface area contributed by atoms with Crippen LogP contribution in [0.25, 0.3) is 0 Å². The van der Waals surface area contributed by atoms with Crippen LogP contribution in [0.15, 0.2) is 24.3 Å². The lowest BCUT2D eigenvalue weighted by molar-refractivity contribution is 0.317. The zero-order valence-corrected chi connectivity index (χ0v) is 8.62. The van der Waals surface area contributed by atoms with Crippen LogP contribution in [0.3, 0.4) is 0 Å². The molecule has 2 nitrogen and oxygen atoms in total. The summed E-state index contributed by atoms with van der Waals surface area (Å²) < 4.78 is 5.56. The van der Waals surface area contributed by atoms with Crippen LogP contribution in [-0.4, -0.2) is 6.61 Å². The molecule has 1 aliphatic carbocycles. The Morgan fingerprint density at radius 3 is 2.86 bits per heavy atom. The van der Waals surface area contributed by atoms with Gasteiger partial charge in [0.15, 0.2) is 0 Å². The number of nitrogens with two attached hydrogens (primary N) is 1. The normalized spacial score (nSPS) is 17.9. The summed E-state index contributed by atoms with van der Waals surface area (Å²) in [7, 11) is 0. The summed E-state index contributed by atoms with van der Waals surface area (Å²) in [5, 5.41) is 0. The van der Waals surface area contributed by atoms with Crippen molar-refractivity contribution in [2.75, 3.05) is 6.61 Å². The van der Waals surface area contributed by atoms with Gasteiger partial charge in [-0.1, -0.05) is 19.1 Å². The van der Waals surface area contributed by atoms with Gasteiger partial charge in [-0.3, -0.25) is 0 Å². The molecule has 1 saturated carbocycles. The van der Waals surface area contributed by atoms with E-state index in [1.807, 2.05) is 12.1 Å². The molecule has 1 aliphatic rings. The summed E-state index contributed by atoms with van der Waals surface area (Å²) in [4.78, 5) is 0. The molecule has 0 radical (unpaired) electrons. The highest BCUT2D eigenvalue weighted by molar-refractivity contribution is 5.36. The van der Waals surface area contributed by atoms with E-state index in [-0.39, 0.29) is 5.54 Å². The lowest BCUT2D eigenvalue weighted by atomic mass is 10.1. The average molecular weight is 191 g/mol. The van der Waals surface area contributed by atoms with E-state index in [0.717, 1.165) is 31.6 Å². The molecule has 0 aromatic heterocycles. The molecule has 0 aliphatic heterocycles. The van der Waals surface area contributed by atoms with Crippen LogP contribution in [-0.2, 0) is 5.54 Å². The van der Waals surface area contributed by atoms with Crippen molar-refractivity contribution in [2.45, 2.75) is 31.7 Å². The van der Waals surface area contributed by atoms with Crippen LogP contribution in [0.2, 0.25) is 0 Å². The smallest absolute Gasteiger partial charge is 0.119 e.